The average molecular weight is 238 g/mol. The SMILES string of the molecule is Cc1nn(C)c(OC2CCOCC2)c1C(=N)N. The van der Waals surface area contributed by atoms with Crippen LogP contribution in [0.3, 0.4) is 0 Å². The van der Waals surface area contributed by atoms with Gasteiger partial charge in [-0.1, -0.05) is 0 Å². The molecule has 0 saturated carbocycles. The van der Waals surface area contributed by atoms with Crippen LogP contribution in [0, 0.1) is 12.3 Å². The summed E-state index contributed by atoms with van der Waals surface area (Å²) >= 11 is 0. The topological polar surface area (TPSA) is 86.2 Å². The third-order valence-electron chi connectivity index (χ3n) is 2.89. The van der Waals surface area contributed by atoms with E-state index in [1.54, 1.807) is 11.7 Å². The fourth-order valence-corrected chi connectivity index (χ4v) is 2.03. The lowest BCUT2D eigenvalue weighted by molar-refractivity contribution is 0.0220. The highest BCUT2D eigenvalue weighted by Gasteiger charge is 2.22. The molecular weight excluding hydrogens is 220 g/mol. The van der Waals surface area contributed by atoms with Gasteiger partial charge in [-0.15, -0.1) is 0 Å². The number of aromatic nitrogens is 2. The molecule has 0 amide bonds. The second-order valence-electron chi connectivity index (χ2n) is 4.23. The Balaban J connectivity index is 2.21. The van der Waals surface area contributed by atoms with Gasteiger partial charge in [0.1, 0.15) is 17.5 Å². The number of rotatable bonds is 3. The summed E-state index contributed by atoms with van der Waals surface area (Å²) in [5.74, 6) is 0.583. The van der Waals surface area contributed by atoms with Crippen molar-refractivity contribution in [1.29, 1.82) is 5.41 Å². The summed E-state index contributed by atoms with van der Waals surface area (Å²) in [6.07, 6.45) is 1.85. The van der Waals surface area contributed by atoms with E-state index in [1.807, 2.05) is 6.92 Å². The van der Waals surface area contributed by atoms with E-state index in [1.165, 1.54) is 0 Å². The fraction of sp³-hybridized carbons (Fsp3) is 0.636. The summed E-state index contributed by atoms with van der Waals surface area (Å²) in [6, 6.07) is 0. The Kier molecular flexibility index (Phi) is 3.33. The van der Waals surface area contributed by atoms with Crippen molar-refractivity contribution in [1.82, 2.24) is 9.78 Å². The summed E-state index contributed by atoms with van der Waals surface area (Å²) in [5, 5.41) is 11.8. The first-order valence-corrected chi connectivity index (χ1v) is 5.72. The van der Waals surface area contributed by atoms with Gasteiger partial charge in [-0.05, 0) is 6.92 Å². The Labute approximate surface area is 100 Å². The van der Waals surface area contributed by atoms with Crippen LogP contribution < -0.4 is 10.5 Å². The van der Waals surface area contributed by atoms with Crippen LogP contribution in [-0.2, 0) is 11.8 Å². The molecule has 17 heavy (non-hydrogen) atoms. The first-order valence-electron chi connectivity index (χ1n) is 5.72. The first-order chi connectivity index (χ1) is 8.09. The standard InChI is InChI=1S/C11H18N4O2/c1-7-9(10(12)13)11(15(2)14-7)17-8-3-5-16-6-4-8/h8H,3-6H2,1-2H3,(H3,12,13). The minimum absolute atomic E-state index is 0.00217. The van der Waals surface area contributed by atoms with Crippen LogP contribution in [0.15, 0.2) is 0 Å². The fourth-order valence-electron chi connectivity index (χ4n) is 2.03. The molecule has 0 aromatic carbocycles. The third kappa shape index (κ3) is 2.41. The predicted octanol–water partition coefficient (Wildman–Crippen LogP) is 0.570. The molecular formula is C11H18N4O2. The number of nitrogens with zero attached hydrogens (tertiary/aromatic N) is 2. The van der Waals surface area contributed by atoms with E-state index in [4.69, 9.17) is 20.6 Å². The van der Waals surface area contributed by atoms with Gasteiger partial charge in [-0.25, -0.2) is 4.68 Å². The lowest BCUT2D eigenvalue weighted by Gasteiger charge is -2.23. The number of hydrogen-bond donors (Lipinski definition) is 2. The van der Waals surface area contributed by atoms with E-state index < -0.39 is 0 Å². The van der Waals surface area contributed by atoms with Crippen LogP contribution >= 0.6 is 0 Å². The summed E-state index contributed by atoms with van der Waals surface area (Å²) < 4.78 is 12.8. The van der Waals surface area contributed by atoms with Crippen LogP contribution in [0.2, 0.25) is 0 Å². The predicted molar refractivity (Wildman–Crippen MR) is 63.4 cm³/mol. The van der Waals surface area contributed by atoms with E-state index in [-0.39, 0.29) is 11.9 Å². The van der Waals surface area contributed by atoms with Gasteiger partial charge in [-0.2, -0.15) is 5.10 Å². The Morgan fingerprint density at radius 2 is 2.18 bits per heavy atom. The summed E-state index contributed by atoms with van der Waals surface area (Å²) in [6.45, 7) is 3.27. The minimum Gasteiger partial charge on any atom is -0.474 e. The number of amidine groups is 1. The Bertz CT molecular complexity index is 421. The van der Waals surface area contributed by atoms with Gasteiger partial charge in [0.05, 0.1) is 18.9 Å². The molecule has 2 rings (SSSR count). The van der Waals surface area contributed by atoms with Gasteiger partial charge in [0.15, 0.2) is 0 Å². The summed E-state index contributed by atoms with van der Waals surface area (Å²) in [7, 11) is 1.80. The number of ether oxygens (including phenoxy) is 2. The molecule has 1 aromatic rings. The molecule has 1 aliphatic heterocycles. The molecule has 1 saturated heterocycles. The molecule has 3 N–H and O–H groups in total. The Hall–Kier alpha value is -1.56. The molecule has 94 valence electrons. The maximum absolute atomic E-state index is 7.57. The van der Waals surface area contributed by atoms with Crippen molar-refractivity contribution in [3.63, 3.8) is 0 Å². The lowest BCUT2D eigenvalue weighted by Crippen LogP contribution is -2.27. The molecule has 1 aromatic heterocycles. The maximum Gasteiger partial charge on any atom is 0.223 e. The number of nitrogens with one attached hydrogen (secondary N) is 1. The zero-order valence-electron chi connectivity index (χ0n) is 10.2. The number of hydrogen-bond acceptors (Lipinski definition) is 4. The first kappa shape index (κ1) is 11.9. The highest BCUT2D eigenvalue weighted by Crippen LogP contribution is 2.24. The Morgan fingerprint density at radius 1 is 1.53 bits per heavy atom. The van der Waals surface area contributed by atoms with Crippen LogP contribution in [0.1, 0.15) is 24.1 Å². The smallest absolute Gasteiger partial charge is 0.223 e. The van der Waals surface area contributed by atoms with E-state index >= 15 is 0 Å². The zero-order valence-corrected chi connectivity index (χ0v) is 10.2. The van der Waals surface area contributed by atoms with Crippen molar-refractivity contribution in [2.45, 2.75) is 25.9 Å². The van der Waals surface area contributed by atoms with Crippen LogP contribution in [0.5, 0.6) is 5.88 Å². The number of aryl methyl sites for hydroxylation is 2. The zero-order chi connectivity index (χ0) is 12.4. The summed E-state index contributed by atoms with van der Waals surface area (Å²) in [4.78, 5) is 0. The molecule has 0 unspecified atom stereocenters. The van der Waals surface area contributed by atoms with Crippen molar-refractivity contribution in [2.24, 2.45) is 12.8 Å². The lowest BCUT2D eigenvalue weighted by atomic mass is 10.1. The van der Waals surface area contributed by atoms with Gasteiger partial charge in [0.2, 0.25) is 5.88 Å². The molecule has 1 aliphatic rings. The molecule has 0 radical (unpaired) electrons. The summed E-state index contributed by atoms with van der Waals surface area (Å²) in [5.41, 5.74) is 6.88. The van der Waals surface area contributed by atoms with Crippen LogP contribution in [0.4, 0.5) is 0 Å². The second-order valence-corrected chi connectivity index (χ2v) is 4.23. The maximum atomic E-state index is 7.57. The second kappa shape index (κ2) is 4.75. The van der Waals surface area contributed by atoms with Crippen molar-refractivity contribution < 1.29 is 9.47 Å². The molecule has 0 atom stereocenters. The molecule has 6 heteroatoms. The molecule has 6 nitrogen and oxygen atoms in total. The molecule has 1 fully saturated rings. The van der Waals surface area contributed by atoms with Crippen molar-refractivity contribution in [3.05, 3.63) is 11.3 Å². The van der Waals surface area contributed by atoms with Crippen LogP contribution in [-0.4, -0.2) is 34.9 Å². The van der Waals surface area contributed by atoms with Crippen LogP contribution in [0.25, 0.3) is 0 Å². The molecule has 0 bridgehead atoms. The van der Waals surface area contributed by atoms with E-state index in [9.17, 15) is 0 Å². The van der Waals surface area contributed by atoms with Crippen molar-refractivity contribution in [3.8, 4) is 5.88 Å². The highest BCUT2D eigenvalue weighted by molar-refractivity contribution is 5.98. The average Bonchev–Trinajstić information content (AvgIpc) is 2.55. The van der Waals surface area contributed by atoms with E-state index in [0.29, 0.717) is 11.4 Å². The normalized spacial score (nSPS) is 17.1. The van der Waals surface area contributed by atoms with Gasteiger partial charge >= 0.3 is 0 Å². The monoisotopic (exact) mass is 238 g/mol. The third-order valence-corrected chi connectivity index (χ3v) is 2.89. The molecule has 2 heterocycles. The van der Waals surface area contributed by atoms with Crippen molar-refractivity contribution >= 4 is 5.84 Å². The number of nitrogens with two attached hydrogens (primary N) is 1. The van der Waals surface area contributed by atoms with E-state index in [0.717, 1.165) is 31.7 Å². The van der Waals surface area contributed by atoms with Gasteiger partial charge < -0.3 is 15.2 Å². The van der Waals surface area contributed by atoms with Gasteiger partial charge in [-0.3, -0.25) is 5.41 Å². The Morgan fingerprint density at radius 3 is 2.76 bits per heavy atom. The quantitative estimate of drug-likeness (QED) is 0.595. The van der Waals surface area contributed by atoms with Crippen molar-refractivity contribution in [2.75, 3.05) is 13.2 Å². The number of nitrogen functional groups attached to an aromatic ring is 1. The highest BCUT2D eigenvalue weighted by atomic mass is 16.5. The van der Waals surface area contributed by atoms with E-state index in [2.05, 4.69) is 5.10 Å². The van der Waals surface area contributed by atoms with Gasteiger partial charge in [0, 0.05) is 19.9 Å². The van der Waals surface area contributed by atoms with Gasteiger partial charge in [0.25, 0.3) is 0 Å². The molecule has 0 spiro atoms. The molecule has 0 aliphatic carbocycles. The minimum atomic E-state index is -0.00217. The largest absolute Gasteiger partial charge is 0.474 e.